The van der Waals surface area contributed by atoms with Crippen LogP contribution < -0.4 is 5.32 Å². The van der Waals surface area contributed by atoms with Crippen LogP contribution in [0.4, 0.5) is 0 Å². The minimum Gasteiger partial charge on any atom is -0.480 e. The Morgan fingerprint density at radius 3 is 2.68 bits per heavy atom. The predicted octanol–water partition coefficient (Wildman–Crippen LogP) is 2.55. The molecule has 0 radical (unpaired) electrons. The van der Waals surface area contributed by atoms with E-state index in [1.807, 2.05) is 18.2 Å². The topological polar surface area (TPSA) is 66.4 Å². The Morgan fingerprint density at radius 1 is 1.42 bits per heavy atom. The van der Waals surface area contributed by atoms with E-state index in [0.717, 1.165) is 5.56 Å². The maximum absolute atomic E-state index is 11.6. The van der Waals surface area contributed by atoms with Crippen LogP contribution in [0, 0.1) is 0 Å². The minimum absolute atomic E-state index is 0.212. The Kier molecular flexibility index (Phi) is 5.69. The van der Waals surface area contributed by atoms with Gasteiger partial charge in [0.05, 0.1) is 5.75 Å². The van der Waals surface area contributed by atoms with Crippen molar-refractivity contribution in [2.75, 3.05) is 5.75 Å². The van der Waals surface area contributed by atoms with Crippen LogP contribution in [0.3, 0.4) is 0 Å². The number of thioether (sulfide) groups is 1. The quantitative estimate of drug-likeness (QED) is 0.847. The maximum atomic E-state index is 11.6. The van der Waals surface area contributed by atoms with Crippen molar-refractivity contribution in [3.05, 3.63) is 34.9 Å². The number of hydrogen-bond acceptors (Lipinski definition) is 3. The van der Waals surface area contributed by atoms with Crippen LogP contribution in [0.25, 0.3) is 0 Å². The first-order valence-corrected chi connectivity index (χ1v) is 7.21. The summed E-state index contributed by atoms with van der Waals surface area (Å²) in [6.07, 6.45) is 0. The monoisotopic (exact) mass is 301 g/mol. The molecule has 0 spiro atoms. The number of carbonyl (C=O) groups is 2. The van der Waals surface area contributed by atoms with E-state index < -0.39 is 11.5 Å². The van der Waals surface area contributed by atoms with Crippen molar-refractivity contribution < 1.29 is 14.7 Å². The van der Waals surface area contributed by atoms with Gasteiger partial charge in [0.2, 0.25) is 5.91 Å². The third-order valence-corrected chi connectivity index (χ3v) is 3.62. The number of rotatable bonds is 6. The fourth-order valence-electron chi connectivity index (χ4n) is 1.33. The summed E-state index contributed by atoms with van der Waals surface area (Å²) in [6.45, 7) is 2.91. The molecule has 104 valence electrons. The summed E-state index contributed by atoms with van der Waals surface area (Å²) in [5.41, 5.74) is -0.212. The van der Waals surface area contributed by atoms with Gasteiger partial charge in [0.25, 0.3) is 0 Å². The van der Waals surface area contributed by atoms with Crippen LogP contribution in [-0.2, 0) is 15.3 Å². The average molecular weight is 302 g/mol. The molecule has 0 saturated carbocycles. The highest BCUT2D eigenvalue weighted by Gasteiger charge is 2.28. The second kappa shape index (κ2) is 6.82. The second-order valence-corrected chi connectivity index (χ2v) is 6.02. The van der Waals surface area contributed by atoms with Crippen molar-refractivity contribution in [3.63, 3.8) is 0 Å². The number of aliphatic carboxylic acids is 1. The van der Waals surface area contributed by atoms with Crippen LogP contribution in [0.15, 0.2) is 24.3 Å². The van der Waals surface area contributed by atoms with Gasteiger partial charge in [0.15, 0.2) is 0 Å². The molecule has 6 heteroatoms. The smallest absolute Gasteiger partial charge is 0.328 e. The summed E-state index contributed by atoms with van der Waals surface area (Å²) in [6, 6.07) is 7.41. The zero-order valence-corrected chi connectivity index (χ0v) is 12.3. The third kappa shape index (κ3) is 5.53. The Labute approximate surface area is 121 Å². The van der Waals surface area contributed by atoms with E-state index in [2.05, 4.69) is 5.32 Å². The van der Waals surface area contributed by atoms with Gasteiger partial charge in [-0.3, -0.25) is 4.79 Å². The molecule has 0 saturated heterocycles. The Bertz CT molecular complexity index is 477. The molecule has 0 aliphatic carbocycles. The summed E-state index contributed by atoms with van der Waals surface area (Å²) in [5.74, 6) is -0.481. The van der Waals surface area contributed by atoms with Gasteiger partial charge in [0.1, 0.15) is 5.54 Å². The van der Waals surface area contributed by atoms with E-state index in [0.29, 0.717) is 10.8 Å². The highest BCUT2D eigenvalue weighted by atomic mass is 35.5. The molecular weight excluding hydrogens is 286 g/mol. The van der Waals surface area contributed by atoms with Gasteiger partial charge < -0.3 is 10.4 Å². The van der Waals surface area contributed by atoms with Gasteiger partial charge in [-0.15, -0.1) is 11.8 Å². The lowest BCUT2D eigenvalue weighted by molar-refractivity contribution is -0.145. The number of hydrogen-bond donors (Lipinski definition) is 2. The molecule has 1 aromatic carbocycles. The molecular formula is C13H16ClNO3S. The van der Waals surface area contributed by atoms with Crippen molar-refractivity contribution in [2.45, 2.75) is 25.1 Å². The first kappa shape index (κ1) is 15.9. The number of carboxylic acids is 1. The maximum Gasteiger partial charge on any atom is 0.328 e. The van der Waals surface area contributed by atoms with Crippen LogP contribution in [0.1, 0.15) is 19.4 Å². The molecule has 0 aliphatic rings. The number of halogens is 1. The summed E-state index contributed by atoms with van der Waals surface area (Å²) >= 11 is 7.27. The van der Waals surface area contributed by atoms with Gasteiger partial charge in [-0.05, 0) is 31.5 Å². The van der Waals surface area contributed by atoms with E-state index in [-0.39, 0.29) is 11.7 Å². The third-order valence-electron chi connectivity index (χ3n) is 2.38. The van der Waals surface area contributed by atoms with Gasteiger partial charge in [0, 0.05) is 10.8 Å². The van der Waals surface area contributed by atoms with Crippen LogP contribution in [0.2, 0.25) is 5.02 Å². The highest BCUT2D eigenvalue weighted by molar-refractivity contribution is 7.99. The number of carbonyl (C=O) groups excluding carboxylic acids is 1. The molecule has 0 unspecified atom stereocenters. The van der Waals surface area contributed by atoms with Crippen molar-refractivity contribution in [2.24, 2.45) is 0 Å². The zero-order valence-electron chi connectivity index (χ0n) is 10.8. The largest absolute Gasteiger partial charge is 0.480 e. The van der Waals surface area contributed by atoms with Gasteiger partial charge in [-0.1, -0.05) is 23.7 Å². The molecule has 1 rings (SSSR count). The standard InChI is InChI=1S/C13H16ClNO3S/c1-13(2,12(17)18)15-11(16)8-19-7-9-4-3-5-10(14)6-9/h3-6H,7-8H2,1-2H3,(H,15,16)(H,17,18). The van der Waals surface area contributed by atoms with Gasteiger partial charge in [-0.25, -0.2) is 4.79 Å². The van der Waals surface area contributed by atoms with E-state index in [1.54, 1.807) is 6.07 Å². The van der Waals surface area contributed by atoms with Crippen LogP contribution in [-0.4, -0.2) is 28.3 Å². The summed E-state index contributed by atoms with van der Waals surface area (Å²) in [7, 11) is 0. The fraction of sp³-hybridized carbons (Fsp3) is 0.385. The minimum atomic E-state index is -1.24. The molecule has 0 fully saturated rings. The Balaban J connectivity index is 2.37. The van der Waals surface area contributed by atoms with Crippen LogP contribution in [0.5, 0.6) is 0 Å². The molecule has 0 aliphatic heterocycles. The molecule has 1 amide bonds. The molecule has 0 aromatic heterocycles. The van der Waals surface area contributed by atoms with E-state index in [1.165, 1.54) is 25.6 Å². The van der Waals surface area contributed by atoms with Crippen molar-refractivity contribution in [3.8, 4) is 0 Å². The zero-order chi connectivity index (χ0) is 14.5. The van der Waals surface area contributed by atoms with Crippen LogP contribution >= 0.6 is 23.4 Å². The average Bonchev–Trinajstić information content (AvgIpc) is 2.28. The molecule has 0 bridgehead atoms. The molecule has 2 N–H and O–H groups in total. The van der Waals surface area contributed by atoms with E-state index in [9.17, 15) is 9.59 Å². The lowest BCUT2D eigenvalue weighted by Gasteiger charge is -2.20. The molecule has 4 nitrogen and oxygen atoms in total. The molecule has 0 atom stereocenters. The summed E-state index contributed by atoms with van der Waals surface area (Å²) in [4.78, 5) is 22.5. The Morgan fingerprint density at radius 2 is 2.11 bits per heavy atom. The fourth-order valence-corrected chi connectivity index (χ4v) is 2.31. The lowest BCUT2D eigenvalue weighted by Crippen LogP contribution is -2.50. The van der Waals surface area contributed by atoms with Gasteiger partial charge in [-0.2, -0.15) is 0 Å². The number of amides is 1. The normalized spacial score (nSPS) is 11.1. The highest BCUT2D eigenvalue weighted by Crippen LogP contribution is 2.16. The molecule has 0 heterocycles. The van der Waals surface area contributed by atoms with Crippen molar-refractivity contribution in [1.82, 2.24) is 5.32 Å². The number of carboxylic acid groups (broad SMARTS) is 1. The summed E-state index contributed by atoms with van der Waals surface area (Å²) in [5, 5.41) is 12.0. The SMILES string of the molecule is CC(C)(NC(=O)CSCc1cccc(Cl)c1)C(=O)O. The molecule has 19 heavy (non-hydrogen) atoms. The first-order valence-electron chi connectivity index (χ1n) is 5.68. The number of nitrogens with one attached hydrogen (secondary N) is 1. The van der Waals surface area contributed by atoms with Gasteiger partial charge >= 0.3 is 5.97 Å². The summed E-state index contributed by atoms with van der Waals surface area (Å²) < 4.78 is 0. The molecule has 1 aromatic rings. The van der Waals surface area contributed by atoms with E-state index in [4.69, 9.17) is 16.7 Å². The van der Waals surface area contributed by atoms with Crippen molar-refractivity contribution in [1.29, 1.82) is 0 Å². The van der Waals surface area contributed by atoms with E-state index >= 15 is 0 Å². The first-order chi connectivity index (χ1) is 8.81. The predicted molar refractivity (Wildman–Crippen MR) is 77.5 cm³/mol. The second-order valence-electron chi connectivity index (χ2n) is 4.60. The van der Waals surface area contributed by atoms with Crippen molar-refractivity contribution >= 4 is 35.2 Å². The number of benzene rings is 1. The lowest BCUT2D eigenvalue weighted by atomic mass is 10.1. The Hall–Kier alpha value is -1.20.